The second-order valence-corrected chi connectivity index (χ2v) is 9.76. The first-order valence-electron chi connectivity index (χ1n) is 8.24. The van der Waals surface area contributed by atoms with Gasteiger partial charge in [-0.15, -0.1) is 0 Å². The Hall–Kier alpha value is -1.31. The SMILES string of the molecule is O=C(Nc1ccc2oc(-c3cc(F)c(F)cc3Cl)nc2c1)c1cc(I)cc(I)c1Br. The van der Waals surface area contributed by atoms with E-state index in [1.165, 1.54) is 0 Å². The molecule has 0 atom stereocenters. The van der Waals surface area contributed by atoms with E-state index in [0.717, 1.165) is 19.3 Å². The van der Waals surface area contributed by atoms with Crippen molar-refractivity contribution in [1.82, 2.24) is 4.98 Å². The summed E-state index contributed by atoms with van der Waals surface area (Å²) in [6, 6.07) is 10.4. The summed E-state index contributed by atoms with van der Waals surface area (Å²) in [6.07, 6.45) is 0. The van der Waals surface area contributed by atoms with Crippen LogP contribution < -0.4 is 5.32 Å². The summed E-state index contributed by atoms with van der Waals surface area (Å²) >= 11 is 13.7. The first-order chi connectivity index (χ1) is 14.2. The minimum absolute atomic E-state index is 0.0212. The van der Waals surface area contributed by atoms with Crippen molar-refractivity contribution in [1.29, 1.82) is 0 Å². The molecular weight excluding hydrogens is 707 g/mol. The highest BCUT2D eigenvalue weighted by atomic mass is 127. The lowest BCUT2D eigenvalue weighted by molar-refractivity contribution is 0.102. The van der Waals surface area contributed by atoms with Crippen molar-refractivity contribution in [3.8, 4) is 11.5 Å². The van der Waals surface area contributed by atoms with E-state index in [1.807, 2.05) is 6.07 Å². The van der Waals surface area contributed by atoms with E-state index in [2.05, 4.69) is 71.4 Å². The molecule has 0 aliphatic rings. The van der Waals surface area contributed by atoms with E-state index in [-0.39, 0.29) is 22.4 Å². The van der Waals surface area contributed by atoms with Crippen molar-refractivity contribution < 1.29 is 18.0 Å². The molecule has 3 aromatic carbocycles. The third-order valence-electron chi connectivity index (χ3n) is 4.12. The topological polar surface area (TPSA) is 55.1 Å². The second kappa shape index (κ2) is 8.67. The minimum Gasteiger partial charge on any atom is -0.436 e. The Morgan fingerprint density at radius 2 is 1.83 bits per heavy atom. The van der Waals surface area contributed by atoms with Crippen LogP contribution in [0.4, 0.5) is 14.5 Å². The molecule has 0 unspecified atom stereocenters. The molecule has 0 fully saturated rings. The predicted octanol–water partition coefficient (Wildman–Crippen LogP) is 7.65. The summed E-state index contributed by atoms with van der Waals surface area (Å²) < 4.78 is 35.1. The maximum atomic E-state index is 13.6. The number of amides is 1. The van der Waals surface area contributed by atoms with Crippen LogP contribution in [0, 0.1) is 18.8 Å². The molecule has 1 heterocycles. The van der Waals surface area contributed by atoms with E-state index >= 15 is 0 Å². The number of carbonyl (C=O) groups is 1. The molecule has 4 nitrogen and oxygen atoms in total. The fourth-order valence-corrected chi connectivity index (χ4v) is 5.21. The van der Waals surface area contributed by atoms with Gasteiger partial charge in [0, 0.05) is 17.3 Å². The van der Waals surface area contributed by atoms with Crippen molar-refractivity contribution in [3.05, 3.63) is 76.3 Å². The molecule has 30 heavy (non-hydrogen) atoms. The predicted molar refractivity (Wildman–Crippen MR) is 132 cm³/mol. The molecule has 0 aliphatic heterocycles. The highest BCUT2D eigenvalue weighted by molar-refractivity contribution is 14.1. The van der Waals surface area contributed by atoms with Crippen molar-refractivity contribution in [2.45, 2.75) is 0 Å². The molecule has 1 amide bonds. The lowest BCUT2D eigenvalue weighted by Crippen LogP contribution is -2.13. The zero-order chi connectivity index (χ0) is 21.6. The van der Waals surface area contributed by atoms with Gasteiger partial charge in [0.05, 0.1) is 16.1 Å². The Morgan fingerprint density at radius 3 is 2.60 bits per heavy atom. The highest BCUT2D eigenvalue weighted by Gasteiger charge is 2.17. The molecule has 0 saturated carbocycles. The fourth-order valence-electron chi connectivity index (χ4n) is 2.73. The third-order valence-corrected chi connectivity index (χ3v) is 7.51. The van der Waals surface area contributed by atoms with Crippen LogP contribution in [0.15, 0.2) is 51.4 Å². The largest absolute Gasteiger partial charge is 0.436 e. The van der Waals surface area contributed by atoms with Gasteiger partial charge < -0.3 is 9.73 Å². The molecule has 0 spiro atoms. The highest BCUT2D eigenvalue weighted by Crippen LogP contribution is 2.33. The molecule has 0 radical (unpaired) electrons. The number of anilines is 1. The van der Waals surface area contributed by atoms with Crippen LogP contribution in [-0.2, 0) is 0 Å². The van der Waals surface area contributed by atoms with Crippen molar-refractivity contribution in [2.24, 2.45) is 0 Å². The van der Waals surface area contributed by atoms with Gasteiger partial charge >= 0.3 is 0 Å². The standard InChI is InChI=1S/C20H8BrClF2I2N2O2/c21-18-11(3-8(25)4-15(18)26)19(29)27-9-1-2-17-16(5-9)28-20(30-17)10-6-13(23)14(24)7-12(10)22/h1-7H,(H,27,29). The molecule has 10 heteroatoms. The molecule has 152 valence electrons. The first-order valence-corrected chi connectivity index (χ1v) is 11.6. The van der Waals surface area contributed by atoms with Crippen LogP contribution in [0.1, 0.15) is 10.4 Å². The van der Waals surface area contributed by atoms with E-state index in [4.69, 9.17) is 16.0 Å². The van der Waals surface area contributed by atoms with E-state index < -0.39 is 11.6 Å². The summed E-state index contributed by atoms with van der Waals surface area (Å²) in [4.78, 5) is 17.0. The van der Waals surface area contributed by atoms with Gasteiger partial charge in [-0.1, -0.05) is 11.6 Å². The Morgan fingerprint density at radius 1 is 1.10 bits per heavy atom. The normalized spacial score (nSPS) is 11.1. The molecule has 4 aromatic rings. The smallest absolute Gasteiger partial charge is 0.256 e. The monoisotopic (exact) mass is 714 g/mol. The average molecular weight is 715 g/mol. The maximum absolute atomic E-state index is 13.6. The van der Waals surface area contributed by atoms with Gasteiger partial charge in [-0.25, -0.2) is 13.8 Å². The van der Waals surface area contributed by atoms with Crippen LogP contribution in [0.2, 0.25) is 5.02 Å². The number of nitrogens with zero attached hydrogens (tertiary/aromatic N) is 1. The van der Waals surface area contributed by atoms with Gasteiger partial charge in [-0.3, -0.25) is 4.79 Å². The fraction of sp³-hybridized carbons (Fsp3) is 0. The van der Waals surface area contributed by atoms with Gasteiger partial charge in [0.25, 0.3) is 5.91 Å². The molecule has 1 aromatic heterocycles. The van der Waals surface area contributed by atoms with Gasteiger partial charge in [0.1, 0.15) is 5.52 Å². The number of oxazole rings is 1. The number of aromatic nitrogens is 1. The molecule has 4 rings (SSSR count). The van der Waals surface area contributed by atoms with Crippen molar-refractivity contribution >= 4 is 95.4 Å². The van der Waals surface area contributed by atoms with Crippen LogP contribution in [0.25, 0.3) is 22.6 Å². The molecule has 0 saturated heterocycles. The summed E-state index contributed by atoms with van der Waals surface area (Å²) in [7, 11) is 0. The number of hydrogen-bond acceptors (Lipinski definition) is 3. The number of hydrogen-bond donors (Lipinski definition) is 1. The quantitative estimate of drug-likeness (QED) is 0.175. The summed E-state index contributed by atoms with van der Waals surface area (Å²) in [6.45, 7) is 0. The van der Waals surface area contributed by atoms with E-state index in [9.17, 15) is 13.6 Å². The van der Waals surface area contributed by atoms with Crippen LogP contribution in [-0.4, -0.2) is 10.9 Å². The Labute approximate surface area is 209 Å². The van der Waals surface area contributed by atoms with Crippen LogP contribution in [0.3, 0.4) is 0 Å². The van der Waals surface area contributed by atoms with Gasteiger partial charge in [-0.2, -0.15) is 0 Å². The maximum Gasteiger partial charge on any atom is 0.256 e. The molecule has 0 aliphatic carbocycles. The number of rotatable bonds is 3. The van der Waals surface area contributed by atoms with E-state index in [1.54, 1.807) is 24.3 Å². The Balaban J connectivity index is 1.67. The lowest BCUT2D eigenvalue weighted by atomic mass is 10.2. The summed E-state index contributed by atoms with van der Waals surface area (Å²) in [5.74, 6) is -2.35. The minimum atomic E-state index is -1.05. The Bertz CT molecular complexity index is 1330. The third kappa shape index (κ3) is 4.34. The van der Waals surface area contributed by atoms with Gasteiger partial charge in [0.15, 0.2) is 17.2 Å². The van der Waals surface area contributed by atoms with Crippen LogP contribution >= 0.6 is 72.7 Å². The second-order valence-electron chi connectivity index (χ2n) is 6.15. The zero-order valence-electron chi connectivity index (χ0n) is 14.6. The van der Waals surface area contributed by atoms with Crippen molar-refractivity contribution in [3.63, 3.8) is 0 Å². The van der Waals surface area contributed by atoms with Gasteiger partial charge in [-0.05, 0) is 104 Å². The average Bonchev–Trinajstić information content (AvgIpc) is 3.10. The number of carbonyl (C=O) groups excluding carboxylic acids is 1. The number of benzene rings is 3. The van der Waals surface area contributed by atoms with Crippen molar-refractivity contribution in [2.75, 3.05) is 5.32 Å². The number of fused-ring (bicyclic) bond motifs is 1. The van der Waals surface area contributed by atoms with Gasteiger partial charge in [0.2, 0.25) is 5.89 Å². The number of halogens is 6. The first kappa shape index (κ1) is 21.9. The number of nitrogens with one attached hydrogen (secondary N) is 1. The lowest BCUT2D eigenvalue weighted by Gasteiger charge is -2.09. The summed E-state index contributed by atoms with van der Waals surface area (Å²) in [5, 5.41) is 2.81. The Kier molecular flexibility index (Phi) is 6.33. The molecule has 1 N–H and O–H groups in total. The molecular formula is C20H8BrClF2I2N2O2. The zero-order valence-corrected chi connectivity index (χ0v) is 21.2. The van der Waals surface area contributed by atoms with Crippen LogP contribution in [0.5, 0.6) is 0 Å². The van der Waals surface area contributed by atoms with E-state index in [0.29, 0.717) is 26.8 Å². The summed E-state index contributed by atoms with van der Waals surface area (Å²) in [5.41, 5.74) is 1.98. The molecule has 0 bridgehead atoms.